The van der Waals surface area contributed by atoms with Crippen molar-refractivity contribution in [3.63, 3.8) is 0 Å². The van der Waals surface area contributed by atoms with Crippen LogP contribution >= 0.6 is 12.4 Å². The third-order valence-corrected chi connectivity index (χ3v) is 4.58. The van der Waals surface area contributed by atoms with Crippen molar-refractivity contribution in [3.8, 4) is 11.5 Å². The first-order valence-corrected chi connectivity index (χ1v) is 8.50. The number of hydrogen-bond acceptors (Lipinski definition) is 5. The zero-order chi connectivity index (χ0) is 18.1. The second kappa shape index (κ2) is 7.75. The van der Waals surface area contributed by atoms with Gasteiger partial charge >= 0.3 is 0 Å². The van der Waals surface area contributed by atoms with Gasteiger partial charge in [-0.25, -0.2) is 0 Å². The average Bonchev–Trinajstić information content (AvgIpc) is 3.05. The zero-order valence-corrected chi connectivity index (χ0v) is 15.3. The largest absolute Gasteiger partial charge is 0.486 e. The van der Waals surface area contributed by atoms with Crippen LogP contribution in [0.15, 0.2) is 42.5 Å². The number of para-hydroxylation sites is 2. The van der Waals surface area contributed by atoms with E-state index >= 15 is 0 Å². The maximum Gasteiger partial charge on any atom is 0.239 e. The van der Waals surface area contributed by atoms with Crippen molar-refractivity contribution in [2.45, 2.75) is 6.42 Å². The molecule has 0 saturated carbocycles. The third-order valence-electron chi connectivity index (χ3n) is 4.58. The van der Waals surface area contributed by atoms with E-state index in [1.165, 1.54) is 0 Å². The van der Waals surface area contributed by atoms with Crippen molar-refractivity contribution < 1.29 is 19.1 Å². The fourth-order valence-electron chi connectivity index (χ4n) is 3.21. The number of carbonyl (C=O) groups is 2. The summed E-state index contributed by atoms with van der Waals surface area (Å²) >= 11 is 0. The van der Waals surface area contributed by atoms with E-state index in [0.29, 0.717) is 54.7 Å². The van der Waals surface area contributed by atoms with Crippen LogP contribution in [-0.4, -0.2) is 31.6 Å². The van der Waals surface area contributed by atoms with Crippen LogP contribution in [0.4, 0.5) is 17.1 Å². The normalized spacial score (nSPS) is 18.0. The van der Waals surface area contributed by atoms with Gasteiger partial charge in [0, 0.05) is 18.3 Å². The highest BCUT2D eigenvalue weighted by Gasteiger charge is 2.38. The molecule has 27 heavy (non-hydrogen) atoms. The number of halogens is 1. The molecule has 2 heterocycles. The molecule has 1 fully saturated rings. The molecule has 1 saturated heterocycles. The molecule has 7 nitrogen and oxygen atoms in total. The molecule has 1 unspecified atom stereocenters. The lowest BCUT2D eigenvalue weighted by atomic mass is 10.1. The van der Waals surface area contributed by atoms with Crippen LogP contribution in [0.3, 0.4) is 0 Å². The van der Waals surface area contributed by atoms with E-state index in [1.54, 1.807) is 47.4 Å². The predicted molar refractivity (Wildman–Crippen MR) is 105 cm³/mol. The Morgan fingerprint density at radius 2 is 1.85 bits per heavy atom. The summed E-state index contributed by atoms with van der Waals surface area (Å²) in [5, 5.41) is 2.75. The molecular formula is C19H20ClN3O4. The van der Waals surface area contributed by atoms with Crippen LogP contribution in [0.1, 0.15) is 6.42 Å². The Morgan fingerprint density at radius 3 is 2.63 bits per heavy atom. The molecule has 2 amide bonds. The highest BCUT2D eigenvalue weighted by atomic mass is 35.5. The Labute approximate surface area is 162 Å². The second-order valence-corrected chi connectivity index (χ2v) is 6.24. The Morgan fingerprint density at radius 1 is 1.11 bits per heavy atom. The molecule has 8 heteroatoms. The molecule has 0 spiro atoms. The van der Waals surface area contributed by atoms with Gasteiger partial charge in [0.1, 0.15) is 19.1 Å². The third kappa shape index (κ3) is 3.64. The molecule has 4 rings (SSSR count). The first-order valence-electron chi connectivity index (χ1n) is 8.50. The van der Waals surface area contributed by atoms with Gasteiger partial charge in [0.25, 0.3) is 0 Å². The quantitative estimate of drug-likeness (QED) is 0.621. The van der Waals surface area contributed by atoms with Crippen LogP contribution < -0.4 is 25.4 Å². The molecule has 0 bridgehead atoms. The number of nitrogens with zero attached hydrogens (tertiary/aromatic N) is 1. The van der Waals surface area contributed by atoms with Crippen molar-refractivity contribution in [2.24, 2.45) is 5.92 Å². The minimum atomic E-state index is -0.734. The van der Waals surface area contributed by atoms with Gasteiger partial charge in [0.2, 0.25) is 11.8 Å². The molecule has 0 aromatic heterocycles. The number of anilines is 3. The molecule has 2 aliphatic rings. The summed E-state index contributed by atoms with van der Waals surface area (Å²) in [6.07, 6.45) is 0.450. The Kier molecular flexibility index (Phi) is 5.41. The van der Waals surface area contributed by atoms with Gasteiger partial charge in [-0.15, -0.1) is 12.4 Å². The van der Waals surface area contributed by atoms with Crippen LogP contribution in [0.5, 0.6) is 11.5 Å². The van der Waals surface area contributed by atoms with Crippen LogP contribution in [0.2, 0.25) is 0 Å². The van der Waals surface area contributed by atoms with Crippen molar-refractivity contribution in [3.05, 3.63) is 42.5 Å². The van der Waals surface area contributed by atoms with Crippen LogP contribution in [0.25, 0.3) is 0 Å². The fourth-order valence-corrected chi connectivity index (χ4v) is 3.21. The minimum absolute atomic E-state index is 0. The number of amides is 2. The lowest BCUT2D eigenvalue weighted by molar-refractivity contribution is -0.129. The van der Waals surface area contributed by atoms with Gasteiger partial charge in [-0.1, -0.05) is 12.1 Å². The fraction of sp³-hybridized carbons (Fsp3) is 0.263. The average molecular weight is 390 g/mol. The number of fused-ring (bicyclic) bond motifs is 1. The Bertz CT molecular complexity index is 874. The summed E-state index contributed by atoms with van der Waals surface area (Å²) in [7, 11) is 0. The number of benzene rings is 2. The van der Waals surface area contributed by atoms with Crippen molar-refractivity contribution in [2.75, 3.05) is 35.7 Å². The Balaban J connectivity index is 0.00000210. The number of nitrogen functional groups attached to an aromatic ring is 1. The van der Waals surface area contributed by atoms with Crippen molar-refractivity contribution in [1.29, 1.82) is 0 Å². The van der Waals surface area contributed by atoms with E-state index in [2.05, 4.69) is 5.32 Å². The number of nitrogens with two attached hydrogens (primary N) is 1. The summed E-state index contributed by atoms with van der Waals surface area (Å²) in [4.78, 5) is 26.9. The molecular weight excluding hydrogens is 370 g/mol. The summed E-state index contributed by atoms with van der Waals surface area (Å²) < 4.78 is 11.1. The second-order valence-electron chi connectivity index (χ2n) is 6.24. The van der Waals surface area contributed by atoms with E-state index in [9.17, 15) is 9.59 Å². The standard InChI is InChI=1S/C19H19N3O4.ClH/c20-14-3-1-2-4-15(14)21-18(23)13-7-8-22(19(13)24)12-5-6-16-17(11-12)26-10-9-25-16;/h1-6,11,13H,7-10,20H2,(H,21,23);1H. The van der Waals surface area contributed by atoms with Gasteiger partial charge in [-0.2, -0.15) is 0 Å². The maximum absolute atomic E-state index is 12.8. The first-order chi connectivity index (χ1) is 12.6. The molecule has 1 atom stereocenters. The van der Waals surface area contributed by atoms with E-state index in [1.807, 2.05) is 0 Å². The highest BCUT2D eigenvalue weighted by Crippen LogP contribution is 2.36. The predicted octanol–water partition coefficient (Wildman–Crippen LogP) is 2.45. The molecule has 3 N–H and O–H groups in total. The van der Waals surface area contributed by atoms with Crippen LogP contribution in [-0.2, 0) is 9.59 Å². The lowest BCUT2D eigenvalue weighted by Gasteiger charge is -2.22. The van der Waals surface area contributed by atoms with Crippen LogP contribution in [0, 0.1) is 5.92 Å². The SMILES string of the molecule is Cl.Nc1ccccc1NC(=O)C1CCN(c2ccc3c(c2)OCCO3)C1=O. The summed E-state index contributed by atoms with van der Waals surface area (Å²) in [5.41, 5.74) is 7.54. The molecule has 2 aromatic rings. The van der Waals surface area contributed by atoms with Crippen molar-refractivity contribution in [1.82, 2.24) is 0 Å². The number of ether oxygens (including phenoxy) is 2. The van der Waals surface area contributed by atoms with E-state index in [0.717, 1.165) is 0 Å². The number of rotatable bonds is 3. The Hall–Kier alpha value is -2.93. The van der Waals surface area contributed by atoms with Gasteiger partial charge in [-0.05, 0) is 30.7 Å². The smallest absolute Gasteiger partial charge is 0.239 e. The molecule has 0 radical (unpaired) electrons. The van der Waals surface area contributed by atoms with Gasteiger partial charge in [-0.3, -0.25) is 9.59 Å². The molecule has 2 aliphatic heterocycles. The van der Waals surface area contributed by atoms with E-state index in [4.69, 9.17) is 15.2 Å². The number of carbonyl (C=O) groups excluding carboxylic acids is 2. The van der Waals surface area contributed by atoms with Gasteiger partial charge in [0.15, 0.2) is 11.5 Å². The summed E-state index contributed by atoms with van der Waals surface area (Å²) in [6, 6.07) is 12.4. The highest BCUT2D eigenvalue weighted by molar-refractivity contribution is 6.13. The number of nitrogens with one attached hydrogen (secondary N) is 1. The first kappa shape index (κ1) is 18.8. The molecule has 142 valence electrons. The number of hydrogen-bond donors (Lipinski definition) is 2. The maximum atomic E-state index is 12.8. The lowest BCUT2D eigenvalue weighted by Crippen LogP contribution is -2.33. The van der Waals surface area contributed by atoms with Gasteiger partial charge in [0.05, 0.1) is 11.4 Å². The monoisotopic (exact) mass is 389 g/mol. The zero-order valence-electron chi connectivity index (χ0n) is 14.5. The van der Waals surface area contributed by atoms with Gasteiger partial charge < -0.3 is 25.4 Å². The summed E-state index contributed by atoms with van der Waals surface area (Å²) in [5.74, 6) is -0.0172. The molecule has 0 aliphatic carbocycles. The minimum Gasteiger partial charge on any atom is -0.486 e. The van der Waals surface area contributed by atoms with E-state index in [-0.39, 0.29) is 24.2 Å². The van der Waals surface area contributed by atoms with E-state index < -0.39 is 5.92 Å². The topological polar surface area (TPSA) is 93.9 Å². The summed E-state index contributed by atoms with van der Waals surface area (Å²) in [6.45, 7) is 1.47. The van der Waals surface area contributed by atoms with Crippen molar-refractivity contribution >= 4 is 41.3 Å². The molecule has 2 aromatic carbocycles.